The number of aromatic nitrogens is 3. The molecular formula is C9H16BrN3O2S. The van der Waals surface area contributed by atoms with Gasteiger partial charge in [-0.05, 0) is 20.8 Å². The third kappa shape index (κ3) is 3.28. The molecule has 7 heteroatoms. The summed E-state index contributed by atoms with van der Waals surface area (Å²) in [6.45, 7) is 5.45. The zero-order valence-corrected chi connectivity index (χ0v) is 12.0. The maximum absolute atomic E-state index is 11.8. The fourth-order valence-electron chi connectivity index (χ4n) is 1.03. The molecule has 1 rings (SSSR count). The van der Waals surface area contributed by atoms with E-state index >= 15 is 0 Å². The monoisotopic (exact) mass is 309 g/mol. The van der Waals surface area contributed by atoms with Crippen LogP contribution in [0.25, 0.3) is 0 Å². The zero-order valence-electron chi connectivity index (χ0n) is 9.64. The van der Waals surface area contributed by atoms with E-state index in [4.69, 9.17) is 0 Å². The molecule has 0 spiro atoms. The molecule has 5 nitrogen and oxygen atoms in total. The highest BCUT2D eigenvalue weighted by atomic mass is 79.9. The molecule has 0 bridgehead atoms. The molecule has 1 aromatic heterocycles. The molecule has 0 saturated heterocycles. The van der Waals surface area contributed by atoms with Gasteiger partial charge in [-0.1, -0.05) is 21.1 Å². The molecular weight excluding hydrogens is 294 g/mol. The molecule has 0 aliphatic carbocycles. The highest BCUT2D eigenvalue weighted by molar-refractivity contribution is 9.08. The Labute approximate surface area is 104 Å². The number of hydrogen-bond donors (Lipinski definition) is 0. The van der Waals surface area contributed by atoms with E-state index in [0.29, 0.717) is 11.9 Å². The van der Waals surface area contributed by atoms with E-state index in [1.54, 1.807) is 31.6 Å². The van der Waals surface area contributed by atoms with Crippen LogP contribution < -0.4 is 0 Å². The zero-order chi connectivity index (χ0) is 12.4. The van der Waals surface area contributed by atoms with Gasteiger partial charge in [0.2, 0.25) is 0 Å². The Hall–Kier alpha value is -0.430. The Kier molecular flexibility index (Phi) is 4.12. The molecule has 0 N–H and O–H groups in total. The third-order valence-corrected chi connectivity index (χ3v) is 5.41. The Morgan fingerprint density at radius 3 is 2.50 bits per heavy atom. The fraction of sp³-hybridized carbons (Fsp3) is 0.778. The third-order valence-electron chi connectivity index (χ3n) is 2.25. The molecule has 0 saturated carbocycles. The van der Waals surface area contributed by atoms with Crippen LogP contribution in [0.5, 0.6) is 0 Å². The van der Waals surface area contributed by atoms with Crippen LogP contribution in [0.1, 0.15) is 26.5 Å². The predicted octanol–water partition coefficient (Wildman–Crippen LogP) is 1.39. The van der Waals surface area contributed by atoms with Gasteiger partial charge >= 0.3 is 0 Å². The van der Waals surface area contributed by atoms with Crippen molar-refractivity contribution in [2.24, 2.45) is 0 Å². The lowest BCUT2D eigenvalue weighted by Crippen LogP contribution is -2.32. The van der Waals surface area contributed by atoms with Gasteiger partial charge < -0.3 is 0 Å². The molecule has 92 valence electrons. The molecule has 0 aliphatic rings. The van der Waals surface area contributed by atoms with E-state index in [2.05, 4.69) is 26.2 Å². The molecule has 0 radical (unpaired) electrons. The van der Waals surface area contributed by atoms with E-state index in [1.807, 2.05) is 0 Å². The second kappa shape index (κ2) is 4.83. The summed E-state index contributed by atoms with van der Waals surface area (Å²) in [4.78, 5) is 0. The largest absolute Gasteiger partial charge is 0.251 e. The first kappa shape index (κ1) is 13.6. The van der Waals surface area contributed by atoms with Gasteiger partial charge in [-0.15, -0.1) is 5.10 Å². The van der Waals surface area contributed by atoms with Crippen molar-refractivity contribution in [1.82, 2.24) is 15.0 Å². The normalized spacial score (nSPS) is 13.0. The van der Waals surface area contributed by atoms with E-state index < -0.39 is 14.6 Å². The molecule has 0 unspecified atom stereocenters. The Morgan fingerprint density at radius 2 is 2.06 bits per heavy atom. The van der Waals surface area contributed by atoms with E-state index in [0.717, 1.165) is 5.69 Å². The first-order chi connectivity index (χ1) is 7.26. The van der Waals surface area contributed by atoms with Gasteiger partial charge in [-0.3, -0.25) is 4.68 Å². The average molecular weight is 310 g/mol. The smallest absolute Gasteiger partial charge is 0.157 e. The molecule has 0 aromatic carbocycles. The standard InChI is InChI=1S/C9H16BrN3O2S/c1-9(2,3)16(14,15)5-4-13-7-8(6-10)11-12-13/h7H,4-6H2,1-3H3. The van der Waals surface area contributed by atoms with E-state index in [-0.39, 0.29) is 5.75 Å². The van der Waals surface area contributed by atoms with Crippen LogP contribution in [-0.2, 0) is 21.7 Å². The van der Waals surface area contributed by atoms with Crippen molar-refractivity contribution in [3.8, 4) is 0 Å². The fourth-order valence-corrected chi connectivity index (χ4v) is 2.33. The highest BCUT2D eigenvalue weighted by Gasteiger charge is 2.28. The van der Waals surface area contributed by atoms with Crippen LogP contribution in [0.15, 0.2) is 6.20 Å². The lowest BCUT2D eigenvalue weighted by Gasteiger charge is -2.18. The minimum atomic E-state index is -3.09. The maximum Gasteiger partial charge on any atom is 0.157 e. The molecule has 0 atom stereocenters. The van der Waals surface area contributed by atoms with Crippen molar-refractivity contribution in [2.45, 2.75) is 37.4 Å². The molecule has 1 aromatic rings. The minimum Gasteiger partial charge on any atom is -0.251 e. The van der Waals surface area contributed by atoms with Crippen LogP contribution in [0.4, 0.5) is 0 Å². The Balaban J connectivity index is 2.65. The van der Waals surface area contributed by atoms with Crippen molar-refractivity contribution < 1.29 is 8.42 Å². The summed E-state index contributed by atoms with van der Waals surface area (Å²) in [6, 6.07) is 0. The van der Waals surface area contributed by atoms with E-state index in [1.165, 1.54) is 0 Å². The van der Waals surface area contributed by atoms with Crippen LogP contribution >= 0.6 is 15.9 Å². The highest BCUT2D eigenvalue weighted by Crippen LogP contribution is 2.16. The molecule has 0 aliphatic heterocycles. The molecule has 16 heavy (non-hydrogen) atoms. The summed E-state index contributed by atoms with van der Waals surface area (Å²) in [6.07, 6.45) is 1.74. The van der Waals surface area contributed by atoms with Gasteiger partial charge in [-0.2, -0.15) is 0 Å². The van der Waals surface area contributed by atoms with Crippen LogP contribution in [0.2, 0.25) is 0 Å². The molecule has 0 fully saturated rings. The van der Waals surface area contributed by atoms with Gasteiger partial charge in [0.1, 0.15) is 0 Å². The predicted molar refractivity (Wildman–Crippen MR) is 66.2 cm³/mol. The second-order valence-electron chi connectivity index (χ2n) is 4.54. The number of sulfone groups is 1. The number of hydrogen-bond acceptors (Lipinski definition) is 4. The van der Waals surface area contributed by atoms with Gasteiger partial charge in [0, 0.05) is 11.5 Å². The number of nitrogens with zero attached hydrogens (tertiary/aromatic N) is 3. The number of aryl methyl sites for hydroxylation is 1. The first-order valence-corrected chi connectivity index (χ1v) is 7.71. The van der Waals surface area contributed by atoms with Gasteiger partial charge in [0.15, 0.2) is 9.84 Å². The number of alkyl halides is 1. The van der Waals surface area contributed by atoms with Crippen molar-refractivity contribution >= 4 is 25.8 Å². The van der Waals surface area contributed by atoms with Crippen LogP contribution in [0, 0.1) is 0 Å². The lowest BCUT2D eigenvalue weighted by molar-refractivity contribution is 0.545. The SMILES string of the molecule is CC(C)(C)S(=O)(=O)CCn1cc(CBr)nn1. The number of rotatable bonds is 4. The summed E-state index contributed by atoms with van der Waals surface area (Å²) in [5, 5.41) is 8.34. The number of halogens is 1. The summed E-state index contributed by atoms with van der Waals surface area (Å²) in [5.41, 5.74) is 0.799. The molecule has 1 heterocycles. The van der Waals surface area contributed by atoms with Crippen LogP contribution in [0.3, 0.4) is 0 Å². The van der Waals surface area contributed by atoms with Gasteiger partial charge in [0.25, 0.3) is 0 Å². The second-order valence-corrected chi connectivity index (χ2v) is 7.96. The van der Waals surface area contributed by atoms with E-state index in [9.17, 15) is 8.42 Å². The Bertz CT molecular complexity index is 448. The average Bonchev–Trinajstić information content (AvgIpc) is 2.60. The maximum atomic E-state index is 11.8. The lowest BCUT2D eigenvalue weighted by atomic mass is 10.3. The summed E-state index contributed by atoms with van der Waals surface area (Å²) >= 11 is 3.26. The Morgan fingerprint density at radius 1 is 1.44 bits per heavy atom. The molecule has 0 amide bonds. The van der Waals surface area contributed by atoms with Crippen molar-refractivity contribution in [3.05, 3.63) is 11.9 Å². The van der Waals surface area contributed by atoms with Crippen LogP contribution in [-0.4, -0.2) is 33.9 Å². The van der Waals surface area contributed by atoms with Crippen molar-refractivity contribution in [1.29, 1.82) is 0 Å². The quantitative estimate of drug-likeness (QED) is 0.788. The summed E-state index contributed by atoms with van der Waals surface area (Å²) in [7, 11) is -3.09. The topological polar surface area (TPSA) is 64.8 Å². The minimum absolute atomic E-state index is 0.0849. The summed E-state index contributed by atoms with van der Waals surface area (Å²) < 4.78 is 24.5. The first-order valence-electron chi connectivity index (χ1n) is 4.93. The van der Waals surface area contributed by atoms with Crippen molar-refractivity contribution in [2.75, 3.05) is 5.75 Å². The summed E-state index contributed by atoms with van der Waals surface area (Å²) in [5.74, 6) is 0.0849. The van der Waals surface area contributed by atoms with Gasteiger partial charge in [-0.25, -0.2) is 8.42 Å². The van der Waals surface area contributed by atoms with Crippen molar-refractivity contribution in [3.63, 3.8) is 0 Å². The van der Waals surface area contributed by atoms with Gasteiger partial charge in [0.05, 0.1) is 22.7 Å².